The number of para-hydroxylation sites is 1. The van der Waals surface area contributed by atoms with E-state index in [1.54, 1.807) is 18.3 Å². The predicted molar refractivity (Wildman–Crippen MR) is 82.1 cm³/mol. The smallest absolute Gasteiger partial charge is 0.272 e. The van der Waals surface area contributed by atoms with Gasteiger partial charge < -0.3 is 5.32 Å². The van der Waals surface area contributed by atoms with E-state index in [0.29, 0.717) is 6.54 Å². The molecule has 110 valence electrons. The number of aromatic nitrogens is 1. The molecule has 1 aromatic carbocycles. The first-order chi connectivity index (χ1) is 10.2. The Balaban J connectivity index is 1.85. The predicted octanol–water partition coefficient (Wildman–Crippen LogP) is 3.27. The number of nitrogens with one attached hydrogen (secondary N) is 1. The first-order valence-corrected chi connectivity index (χ1v) is 7.02. The van der Waals surface area contributed by atoms with Crippen LogP contribution in [0.5, 0.6) is 0 Å². The molecule has 0 saturated carbocycles. The largest absolute Gasteiger partial charge is 0.311 e. The number of hydrogen-bond donors (Lipinski definition) is 1. The molecule has 1 heterocycles. The van der Waals surface area contributed by atoms with Crippen LogP contribution in [0.2, 0.25) is 0 Å². The third-order valence-electron chi connectivity index (χ3n) is 3.45. The SMILES string of the molecule is CC(CCNCc1ccccn1)c1ccccc1[N+](=O)[O-]. The zero-order chi connectivity index (χ0) is 15.1. The minimum Gasteiger partial charge on any atom is -0.311 e. The van der Waals surface area contributed by atoms with Crippen LogP contribution in [-0.2, 0) is 6.54 Å². The van der Waals surface area contributed by atoms with Gasteiger partial charge in [-0.2, -0.15) is 0 Å². The van der Waals surface area contributed by atoms with Crippen molar-refractivity contribution in [3.63, 3.8) is 0 Å². The first-order valence-electron chi connectivity index (χ1n) is 7.02. The van der Waals surface area contributed by atoms with Gasteiger partial charge in [-0.05, 0) is 31.0 Å². The Labute approximate surface area is 124 Å². The Morgan fingerprint density at radius 2 is 2.00 bits per heavy atom. The summed E-state index contributed by atoms with van der Waals surface area (Å²) in [5.74, 6) is 0.142. The summed E-state index contributed by atoms with van der Waals surface area (Å²) in [7, 11) is 0. The lowest BCUT2D eigenvalue weighted by molar-refractivity contribution is -0.385. The summed E-state index contributed by atoms with van der Waals surface area (Å²) < 4.78 is 0. The second-order valence-electron chi connectivity index (χ2n) is 5.00. The molecule has 1 atom stereocenters. The standard InChI is InChI=1S/C16H19N3O2/c1-13(15-7-2-3-8-16(15)19(20)21)9-11-17-12-14-6-4-5-10-18-14/h2-8,10,13,17H,9,11-12H2,1H3. The van der Waals surface area contributed by atoms with Gasteiger partial charge in [0.15, 0.2) is 0 Å². The molecule has 1 N–H and O–H groups in total. The zero-order valence-electron chi connectivity index (χ0n) is 12.0. The fraction of sp³-hybridized carbons (Fsp3) is 0.312. The van der Waals surface area contributed by atoms with Crippen molar-refractivity contribution in [2.75, 3.05) is 6.54 Å². The normalized spacial score (nSPS) is 12.0. The van der Waals surface area contributed by atoms with Crippen LogP contribution in [0.25, 0.3) is 0 Å². The van der Waals surface area contributed by atoms with Gasteiger partial charge in [-0.3, -0.25) is 15.1 Å². The molecule has 2 rings (SSSR count). The number of benzene rings is 1. The molecule has 5 heteroatoms. The summed E-state index contributed by atoms with van der Waals surface area (Å²) in [6, 6.07) is 12.8. The molecule has 0 spiro atoms. The Morgan fingerprint density at radius 3 is 2.71 bits per heavy atom. The van der Waals surface area contributed by atoms with Gasteiger partial charge in [-0.15, -0.1) is 0 Å². The van der Waals surface area contributed by atoms with Crippen LogP contribution >= 0.6 is 0 Å². The summed E-state index contributed by atoms with van der Waals surface area (Å²) in [4.78, 5) is 14.9. The van der Waals surface area contributed by atoms with Crippen LogP contribution in [0, 0.1) is 10.1 Å². The molecular formula is C16H19N3O2. The Kier molecular flexibility index (Phi) is 5.40. The number of pyridine rings is 1. The van der Waals surface area contributed by atoms with Gasteiger partial charge >= 0.3 is 0 Å². The summed E-state index contributed by atoms with van der Waals surface area (Å²) in [6.45, 7) is 3.53. The molecule has 0 fully saturated rings. The number of hydrogen-bond acceptors (Lipinski definition) is 4. The fourth-order valence-electron chi connectivity index (χ4n) is 2.26. The van der Waals surface area contributed by atoms with E-state index >= 15 is 0 Å². The van der Waals surface area contributed by atoms with E-state index in [1.165, 1.54) is 0 Å². The number of nitrogens with zero attached hydrogens (tertiary/aromatic N) is 2. The summed E-state index contributed by atoms with van der Waals surface area (Å²) in [6.07, 6.45) is 2.62. The second kappa shape index (κ2) is 7.50. The van der Waals surface area contributed by atoms with Crippen molar-refractivity contribution in [3.05, 3.63) is 70.0 Å². The van der Waals surface area contributed by atoms with E-state index in [9.17, 15) is 10.1 Å². The van der Waals surface area contributed by atoms with Crippen molar-refractivity contribution in [1.29, 1.82) is 0 Å². The van der Waals surface area contributed by atoms with Crippen LogP contribution in [0.15, 0.2) is 48.7 Å². The van der Waals surface area contributed by atoms with Crippen molar-refractivity contribution in [3.8, 4) is 0 Å². The van der Waals surface area contributed by atoms with Crippen LogP contribution < -0.4 is 5.32 Å². The highest BCUT2D eigenvalue weighted by atomic mass is 16.6. The lowest BCUT2D eigenvalue weighted by Crippen LogP contribution is -2.17. The molecule has 5 nitrogen and oxygen atoms in total. The molecule has 0 saturated heterocycles. The highest BCUT2D eigenvalue weighted by molar-refractivity contribution is 5.41. The molecule has 1 unspecified atom stereocenters. The maximum absolute atomic E-state index is 11.0. The van der Waals surface area contributed by atoms with E-state index in [0.717, 1.165) is 24.2 Å². The molecule has 0 aliphatic carbocycles. The zero-order valence-corrected chi connectivity index (χ0v) is 12.0. The van der Waals surface area contributed by atoms with Gasteiger partial charge in [-0.1, -0.05) is 31.2 Å². The average Bonchev–Trinajstić information content (AvgIpc) is 2.52. The van der Waals surface area contributed by atoms with Crippen molar-refractivity contribution in [2.45, 2.75) is 25.8 Å². The van der Waals surface area contributed by atoms with Crippen LogP contribution in [0.4, 0.5) is 5.69 Å². The van der Waals surface area contributed by atoms with Crippen LogP contribution in [-0.4, -0.2) is 16.5 Å². The quantitative estimate of drug-likeness (QED) is 0.481. The molecule has 0 radical (unpaired) electrons. The van der Waals surface area contributed by atoms with E-state index in [2.05, 4.69) is 10.3 Å². The van der Waals surface area contributed by atoms with Gasteiger partial charge in [0.25, 0.3) is 5.69 Å². The van der Waals surface area contributed by atoms with Gasteiger partial charge in [0, 0.05) is 24.4 Å². The molecule has 2 aromatic rings. The van der Waals surface area contributed by atoms with Crippen molar-refractivity contribution >= 4 is 5.69 Å². The van der Waals surface area contributed by atoms with Crippen molar-refractivity contribution in [1.82, 2.24) is 10.3 Å². The highest BCUT2D eigenvalue weighted by Gasteiger charge is 2.17. The highest BCUT2D eigenvalue weighted by Crippen LogP contribution is 2.27. The minimum atomic E-state index is -0.312. The number of nitro benzene ring substituents is 1. The molecule has 0 amide bonds. The van der Waals surface area contributed by atoms with Crippen molar-refractivity contribution < 1.29 is 4.92 Å². The minimum absolute atomic E-state index is 0.142. The molecule has 0 bridgehead atoms. The van der Waals surface area contributed by atoms with Gasteiger partial charge in [0.2, 0.25) is 0 Å². The first kappa shape index (κ1) is 15.1. The fourth-order valence-corrected chi connectivity index (χ4v) is 2.26. The molecule has 0 aliphatic rings. The van der Waals surface area contributed by atoms with Gasteiger partial charge in [0.05, 0.1) is 10.6 Å². The van der Waals surface area contributed by atoms with E-state index < -0.39 is 0 Å². The Morgan fingerprint density at radius 1 is 1.24 bits per heavy atom. The van der Waals surface area contributed by atoms with E-state index in [4.69, 9.17) is 0 Å². The third-order valence-corrected chi connectivity index (χ3v) is 3.45. The number of nitro groups is 1. The summed E-state index contributed by atoms with van der Waals surface area (Å²) in [5, 5.41) is 14.3. The maximum atomic E-state index is 11.0. The van der Waals surface area contributed by atoms with E-state index in [-0.39, 0.29) is 16.5 Å². The second-order valence-corrected chi connectivity index (χ2v) is 5.00. The molecule has 1 aromatic heterocycles. The van der Waals surface area contributed by atoms with Crippen molar-refractivity contribution in [2.24, 2.45) is 0 Å². The lowest BCUT2D eigenvalue weighted by atomic mass is 9.96. The van der Waals surface area contributed by atoms with Crippen LogP contribution in [0.1, 0.15) is 30.5 Å². The van der Waals surface area contributed by atoms with Gasteiger partial charge in [-0.25, -0.2) is 0 Å². The maximum Gasteiger partial charge on any atom is 0.272 e. The molecule has 0 aliphatic heterocycles. The monoisotopic (exact) mass is 285 g/mol. The number of rotatable bonds is 7. The Bertz CT molecular complexity index is 587. The average molecular weight is 285 g/mol. The van der Waals surface area contributed by atoms with Gasteiger partial charge in [0.1, 0.15) is 0 Å². The summed E-state index contributed by atoms with van der Waals surface area (Å²) >= 11 is 0. The van der Waals surface area contributed by atoms with Crippen LogP contribution in [0.3, 0.4) is 0 Å². The summed E-state index contributed by atoms with van der Waals surface area (Å²) in [5.41, 5.74) is 1.99. The van der Waals surface area contributed by atoms with E-state index in [1.807, 2.05) is 37.3 Å². The topological polar surface area (TPSA) is 68.1 Å². The third kappa shape index (κ3) is 4.36. The lowest BCUT2D eigenvalue weighted by Gasteiger charge is -2.12. The Hall–Kier alpha value is -2.27. The molecule has 21 heavy (non-hydrogen) atoms. The molecular weight excluding hydrogens is 266 g/mol.